The number of anilines is 1. The van der Waals surface area contributed by atoms with E-state index < -0.39 is 0 Å². The van der Waals surface area contributed by atoms with Crippen LogP contribution in [0.25, 0.3) is 21.6 Å². The second-order valence-electron chi connectivity index (χ2n) is 5.06. The van der Waals surface area contributed by atoms with Crippen LogP contribution >= 0.6 is 11.3 Å². The van der Waals surface area contributed by atoms with Gasteiger partial charge in [0.1, 0.15) is 6.54 Å². The maximum Gasteiger partial charge on any atom is 0.248 e. The van der Waals surface area contributed by atoms with Crippen molar-refractivity contribution in [2.45, 2.75) is 6.54 Å². The molecule has 0 bridgehead atoms. The molecule has 0 saturated carbocycles. The number of fused-ring (bicyclic) bond motifs is 1. The monoisotopic (exact) mass is 336 g/mol. The topological polar surface area (TPSA) is 85.6 Å². The van der Waals surface area contributed by atoms with Gasteiger partial charge in [-0.25, -0.2) is 9.67 Å². The molecule has 0 unspecified atom stereocenters. The molecule has 0 aliphatic rings. The molecule has 118 valence electrons. The summed E-state index contributed by atoms with van der Waals surface area (Å²) < 4.78 is 2.50. The number of rotatable bonds is 4. The molecule has 8 heteroatoms. The van der Waals surface area contributed by atoms with Crippen molar-refractivity contribution in [3.05, 3.63) is 54.6 Å². The lowest BCUT2D eigenvalue weighted by Gasteiger charge is -2.04. The predicted molar refractivity (Wildman–Crippen MR) is 91.5 cm³/mol. The van der Waals surface area contributed by atoms with Gasteiger partial charge < -0.3 is 5.32 Å². The van der Waals surface area contributed by atoms with Gasteiger partial charge in [-0.15, -0.1) is 5.10 Å². The second kappa shape index (κ2) is 6.17. The molecule has 0 aliphatic heterocycles. The standard InChI is InChI=1S/C16H12N6OS/c23-14(18-16-17-12-8-4-5-9-13(12)24-16)10-22-15(19-20-21-22)11-6-2-1-3-7-11/h1-9H,10H2,(H,17,18,23). The molecule has 0 spiro atoms. The van der Waals surface area contributed by atoms with Crippen molar-refractivity contribution in [1.82, 2.24) is 25.2 Å². The molecule has 0 radical (unpaired) electrons. The zero-order chi connectivity index (χ0) is 16.4. The Morgan fingerprint density at radius 1 is 1.08 bits per heavy atom. The first kappa shape index (κ1) is 14.5. The number of thiazole rings is 1. The van der Waals surface area contributed by atoms with Crippen molar-refractivity contribution in [2.75, 3.05) is 5.32 Å². The van der Waals surface area contributed by atoms with E-state index in [9.17, 15) is 4.79 Å². The minimum atomic E-state index is -0.224. The second-order valence-corrected chi connectivity index (χ2v) is 6.09. The summed E-state index contributed by atoms with van der Waals surface area (Å²) in [5.74, 6) is 0.327. The summed E-state index contributed by atoms with van der Waals surface area (Å²) in [4.78, 5) is 16.7. The number of nitrogens with one attached hydrogen (secondary N) is 1. The van der Waals surface area contributed by atoms with Crippen LogP contribution in [0.5, 0.6) is 0 Å². The van der Waals surface area contributed by atoms with Gasteiger partial charge in [0, 0.05) is 5.56 Å². The van der Waals surface area contributed by atoms with E-state index in [1.54, 1.807) is 0 Å². The lowest BCUT2D eigenvalue weighted by Crippen LogP contribution is -2.20. The van der Waals surface area contributed by atoms with Crippen molar-refractivity contribution in [3.8, 4) is 11.4 Å². The number of hydrogen-bond acceptors (Lipinski definition) is 6. The molecular formula is C16H12N6OS. The molecule has 0 atom stereocenters. The number of carbonyl (C=O) groups is 1. The van der Waals surface area contributed by atoms with Crippen LogP contribution in [0.15, 0.2) is 54.6 Å². The van der Waals surface area contributed by atoms with Crippen LogP contribution in [0.2, 0.25) is 0 Å². The molecule has 0 fully saturated rings. The van der Waals surface area contributed by atoms with Crippen LogP contribution in [0.4, 0.5) is 5.13 Å². The van der Waals surface area contributed by atoms with Gasteiger partial charge in [-0.1, -0.05) is 53.8 Å². The first-order valence-corrected chi connectivity index (χ1v) is 8.08. The predicted octanol–water partition coefficient (Wildman–Crippen LogP) is 2.59. The van der Waals surface area contributed by atoms with E-state index in [4.69, 9.17) is 0 Å². The number of carbonyl (C=O) groups excluding carboxylic acids is 1. The SMILES string of the molecule is O=C(Cn1nnnc1-c1ccccc1)Nc1nc2ccccc2s1. The summed E-state index contributed by atoms with van der Waals surface area (Å²) in [5, 5.41) is 14.9. The van der Waals surface area contributed by atoms with Gasteiger partial charge >= 0.3 is 0 Å². The Morgan fingerprint density at radius 3 is 2.71 bits per heavy atom. The van der Waals surface area contributed by atoms with Crippen LogP contribution in [0.1, 0.15) is 0 Å². The van der Waals surface area contributed by atoms with Gasteiger partial charge in [-0.3, -0.25) is 4.79 Å². The summed E-state index contributed by atoms with van der Waals surface area (Å²) in [6, 6.07) is 17.2. The Labute approximate surface area is 141 Å². The number of hydrogen-bond donors (Lipinski definition) is 1. The van der Waals surface area contributed by atoms with Crippen LogP contribution < -0.4 is 5.32 Å². The van der Waals surface area contributed by atoms with Crippen molar-refractivity contribution in [2.24, 2.45) is 0 Å². The van der Waals surface area contributed by atoms with E-state index in [0.717, 1.165) is 15.8 Å². The van der Waals surface area contributed by atoms with Crippen molar-refractivity contribution in [3.63, 3.8) is 0 Å². The van der Waals surface area contributed by atoms with Crippen molar-refractivity contribution < 1.29 is 4.79 Å². The van der Waals surface area contributed by atoms with Crippen LogP contribution in [-0.2, 0) is 11.3 Å². The molecule has 24 heavy (non-hydrogen) atoms. The summed E-state index contributed by atoms with van der Waals surface area (Å²) >= 11 is 1.43. The molecule has 0 aliphatic carbocycles. The number of aromatic nitrogens is 5. The Balaban J connectivity index is 1.52. The minimum Gasteiger partial charge on any atom is -0.300 e. The number of tetrazole rings is 1. The van der Waals surface area contributed by atoms with Gasteiger partial charge in [0.25, 0.3) is 0 Å². The van der Waals surface area contributed by atoms with E-state index in [2.05, 4.69) is 25.8 Å². The highest BCUT2D eigenvalue weighted by molar-refractivity contribution is 7.22. The van der Waals surface area contributed by atoms with E-state index >= 15 is 0 Å². The molecule has 2 aromatic carbocycles. The number of para-hydroxylation sites is 1. The van der Waals surface area contributed by atoms with Crippen LogP contribution in [0.3, 0.4) is 0 Å². The van der Waals surface area contributed by atoms with E-state index in [1.165, 1.54) is 16.0 Å². The molecule has 2 heterocycles. The normalized spacial score (nSPS) is 10.8. The highest BCUT2D eigenvalue weighted by Crippen LogP contribution is 2.25. The molecule has 4 aromatic rings. The Hall–Kier alpha value is -3.13. The average molecular weight is 336 g/mol. The minimum absolute atomic E-state index is 0.0210. The lowest BCUT2D eigenvalue weighted by molar-refractivity contribution is -0.116. The van der Waals surface area contributed by atoms with Crippen LogP contribution in [0, 0.1) is 0 Å². The summed E-state index contributed by atoms with van der Waals surface area (Å²) in [7, 11) is 0. The van der Waals surface area contributed by atoms with Gasteiger partial charge in [0.05, 0.1) is 10.2 Å². The van der Waals surface area contributed by atoms with E-state index in [1.807, 2.05) is 54.6 Å². The van der Waals surface area contributed by atoms with E-state index in [0.29, 0.717) is 11.0 Å². The number of amides is 1. The third-order valence-corrected chi connectivity index (χ3v) is 4.35. The van der Waals surface area contributed by atoms with E-state index in [-0.39, 0.29) is 12.5 Å². The molecule has 1 amide bonds. The third-order valence-electron chi connectivity index (χ3n) is 3.40. The largest absolute Gasteiger partial charge is 0.300 e. The van der Waals surface area contributed by atoms with Crippen LogP contribution in [-0.4, -0.2) is 31.1 Å². The molecular weight excluding hydrogens is 324 g/mol. The summed E-state index contributed by atoms with van der Waals surface area (Å²) in [6.45, 7) is 0.0210. The Kier molecular flexibility index (Phi) is 3.72. The molecule has 1 N–H and O–H groups in total. The zero-order valence-electron chi connectivity index (χ0n) is 12.5. The summed E-state index contributed by atoms with van der Waals surface area (Å²) in [6.07, 6.45) is 0. The highest BCUT2D eigenvalue weighted by atomic mass is 32.1. The van der Waals surface area contributed by atoms with Crippen molar-refractivity contribution >= 4 is 32.6 Å². The van der Waals surface area contributed by atoms with Gasteiger partial charge in [-0.2, -0.15) is 0 Å². The Bertz CT molecular complexity index is 961. The highest BCUT2D eigenvalue weighted by Gasteiger charge is 2.13. The third kappa shape index (κ3) is 2.86. The molecule has 4 rings (SSSR count). The first-order valence-electron chi connectivity index (χ1n) is 7.26. The maximum absolute atomic E-state index is 12.3. The maximum atomic E-state index is 12.3. The fraction of sp³-hybridized carbons (Fsp3) is 0.0625. The Morgan fingerprint density at radius 2 is 1.88 bits per heavy atom. The smallest absolute Gasteiger partial charge is 0.248 e. The fourth-order valence-corrected chi connectivity index (χ4v) is 3.21. The molecule has 0 saturated heterocycles. The molecule has 2 aromatic heterocycles. The quantitative estimate of drug-likeness (QED) is 0.619. The zero-order valence-corrected chi connectivity index (χ0v) is 13.3. The fourth-order valence-electron chi connectivity index (χ4n) is 2.33. The van der Waals surface area contributed by atoms with Gasteiger partial charge in [0.2, 0.25) is 5.91 Å². The molecule has 7 nitrogen and oxygen atoms in total. The van der Waals surface area contributed by atoms with Gasteiger partial charge in [0.15, 0.2) is 11.0 Å². The first-order chi connectivity index (χ1) is 11.8. The number of nitrogens with zero attached hydrogens (tertiary/aromatic N) is 5. The van der Waals surface area contributed by atoms with Crippen molar-refractivity contribution in [1.29, 1.82) is 0 Å². The average Bonchev–Trinajstić information content (AvgIpc) is 3.21. The van der Waals surface area contributed by atoms with Gasteiger partial charge in [-0.05, 0) is 22.6 Å². The lowest BCUT2D eigenvalue weighted by atomic mass is 10.2. The number of benzene rings is 2. The summed E-state index contributed by atoms with van der Waals surface area (Å²) in [5.41, 5.74) is 1.72.